The minimum Gasteiger partial charge on any atom is -0.230 e. The van der Waals surface area contributed by atoms with Crippen molar-refractivity contribution in [1.29, 1.82) is 0 Å². The Balaban J connectivity index is 2.76. The molecule has 0 radical (unpaired) electrons. The highest BCUT2D eigenvalue weighted by Gasteiger charge is 2.30. The monoisotopic (exact) mass is 214 g/mol. The molecule has 0 amide bonds. The summed E-state index contributed by atoms with van der Waals surface area (Å²) in [4.78, 5) is 0. The van der Waals surface area contributed by atoms with Crippen molar-refractivity contribution in [2.24, 2.45) is 5.92 Å². The number of halogens is 3. The van der Waals surface area contributed by atoms with E-state index in [0.29, 0.717) is 31.6 Å². The van der Waals surface area contributed by atoms with Crippen LogP contribution in [-0.2, 0) is 9.91 Å². The first-order chi connectivity index (χ1) is 5.94. The van der Waals surface area contributed by atoms with Gasteiger partial charge in [0.15, 0.2) is 9.91 Å². The largest absolute Gasteiger partial charge is 0.351 e. The van der Waals surface area contributed by atoms with Gasteiger partial charge in [-0.25, -0.2) is 4.21 Å². The van der Waals surface area contributed by atoms with Gasteiger partial charge in [0, 0.05) is 0 Å². The van der Waals surface area contributed by atoms with Crippen LogP contribution in [0.4, 0.5) is 12.7 Å². The van der Waals surface area contributed by atoms with E-state index in [0.717, 1.165) is 0 Å². The van der Waals surface area contributed by atoms with Crippen LogP contribution in [0, 0.1) is 5.92 Å². The van der Waals surface area contributed by atoms with Crippen molar-refractivity contribution in [1.82, 2.24) is 0 Å². The summed E-state index contributed by atoms with van der Waals surface area (Å²) >= 11 is 0. The zero-order chi connectivity index (χ0) is 10.1. The Morgan fingerprint density at radius 1 is 1.23 bits per heavy atom. The van der Waals surface area contributed by atoms with Crippen LogP contribution >= 0.6 is 0 Å². The summed E-state index contributed by atoms with van der Waals surface area (Å²) in [6.07, 6.45) is 2.01. The number of hydrogen-bond acceptors (Lipinski definition) is 1. The topological polar surface area (TPSA) is 17.1 Å². The molecular weight excluding hydrogens is 201 g/mol. The van der Waals surface area contributed by atoms with Gasteiger partial charge in [-0.15, -0.1) is 3.89 Å². The zero-order valence-electron chi connectivity index (χ0n) is 7.43. The minimum atomic E-state index is -4.49. The van der Waals surface area contributed by atoms with Crippen molar-refractivity contribution in [3.8, 4) is 0 Å². The van der Waals surface area contributed by atoms with Crippen LogP contribution in [0.1, 0.15) is 32.6 Å². The predicted octanol–water partition coefficient (Wildman–Crippen LogP) is 2.76. The van der Waals surface area contributed by atoms with Crippen molar-refractivity contribution in [3.63, 3.8) is 0 Å². The normalized spacial score (nSPS) is 33.8. The summed E-state index contributed by atoms with van der Waals surface area (Å²) in [7, 11) is -4.49. The molecular formula is C8H13F3OS. The molecule has 0 saturated heterocycles. The molecule has 1 nitrogen and oxygen atoms in total. The Morgan fingerprint density at radius 3 is 2.08 bits per heavy atom. The summed E-state index contributed by atoms with van der Waals surface area (Å²) in [6, 6.07) is 0. The molecule has 5 heteroatoms. The van der Waals surface area contributed by atoms with E-state index in [9.17, 15) is 16.9 Å². The molecule has 0 spiro atoms. The SMILES string of the molecule is CC1CCC(S(=O)(F)=C(F)F)CC1. The molecule has 0 aromatic heterocycles. The lowest BCUT2D eigenvalue weighted by Crippen LogP contribution is -2.25. The van der Waals surface area contributed by atoms with Gasteiger partial charge < -0.3 is 0 Å². The quantitative estimate of drug-likeness (QED) is 0.484. The van der Waals surface area contributed by atoms with E-state index in [2.05, 4.69) is 0 Å². The van der Waals surface area contributed by atoms with Crippen LogP contribution in [0.25, 0.3) is 0 Å². The lowest BCUT2D eigenvalue weighted by Gasteiger charge is -2.24. The average molecular weight is 214 g/mol. The molecule has 1 aliphatic carbocycles. The smallest absolute Gasteiger partial charge is 0.230 e. The molecule has 0 aromatic rings. The summed E-state index contributed by atoms with van der Waals surface area (Å²) in [5.41, 5.74) is 0. The molecule has 1 rings (SSSR count). The second-order valence-electron chi connectivity index (χ2n) is 3.63. The minimum absolute atomic E-state index is 0.313. The van der Waals surface area contributed by atoms with Gasteiger partial charge in [0.05, 0.1) is 5.25 Å². The molecule has 78 valence electrons. The first kappa shape index (κ1) is 10.9. The average Bonchev–Trinajstić information content (AvgIpc) is 2.04. The molecule has 0 aromatic carbocycles. The third-order valence-electron chi connectivity index (χ3n) is 2.60. The van der Waals surface area contributed by atoms with Crippen LogP contribution in [0.5, 0.6) is 0 Å². The fraction of sp³-hybridized carbons (Fsp3) is 0.875. The van der Waals surface area contributed by atoms with Gasteiger partial charge in [-0.2, -0.15) is 8.78 Å². The Morgan fingerprint density at radius 2 is 1.69 bits per heavy atom. The fourth-order valence-electron chi connectivity index (χ4n) is 1.66. The summed E-state index contributed by atoms with van der Waals surface area (Å²) in [5, 5.41) is -3.49. The Kier molecular flexibility index (Phi) is 3.27. The standard InChI is InChI=1S/C8H13F3OS/c1-6-2-4-7(5-3-6)13(11,12)8(9)10/h6-7H,2-5H2,1H3. The number of hydrogen-bond donors (Lipinski definition) is 0. The molecule has 1 saturated carbocycles. The van der Waals surface area contributed by atoms with Crippen LogP contribution in [0.3, 0.4) is 0 Å². The Bertz CT molecular complexity index is 282. The highest BCUT2D eigenvalue weighted by Crippen LogP contribution is 2.30. The van der Waals surface area contributed by atoms with Gasteiger partial charge in [-0.1, -0.05) is 6.92 Å². The highest BCUT2D eigenvalue weighted by atomic mass is 32.2. The van der Waals surface area contributed by atoms with Crippen molar-refractivity contribution in [3.05, 3.63) is 0 Å². The molecule has 1 aliphatic rings. The van der Waals surface area contributed by atoms with E-state index in [4.69, 9.17) is 0 Å². The molecule has 1 fully saturated rings. The highest BCUT2D eigenvalue weighted by molar-refractivity contribution is 7.97. The van der Waals surface area contributed by atoms with Gasteiger partial charge in [0.2, 0.25) is 0 Å². The molecule has 0 bridgehead atoms. The maximum Gasteiger partial charge on any atom is 0.351 e. The van der Waals surface area contributed by atoms with Crippen molar-refractivity contribution in [2.45, 2.75) is 37.9 Å². The summed E-state index contributed by atoms with van der Waals surface area (Å²) in [6.45, 7) is 1.99. The van der Waals surface area contributed by atoms with Gasteiger partial charge >= 0.3 is 5.37 Å². The van der Waals surface area contributed by atoms with E-state index in [1.54, 1.807) is 0 Å². The van der Waals surface area contributed by atoms with Gasteiger partial charge in [-0.3, -0.25) is 0 Å². The molecule has 0 aliphatic heterocycles. The van der Waals surface area contributed by atoms with Crippen LogP contribution in [0.2, 0.25) is 0 Å². The third-order valence-corrected chi connectivity index (χ3v) is 4.35. The Hall–Kier alpha value is -0.190. The molecule has 0 N–H and O–H groups in total. The molecule has 13 heavy (non-hydrogen) atoms. The zero-order valence-corrected chi connectivity index (χ0v) is 8.25. The maximum absolute atomic E-state index is 13.0. The third kappa shape index (κ3) is 2.39. The van der Waals surface area contributed by atoms with Crippen molar-refractivity contribution >= 4 is 15.3 Å². The lowest BCUT2D eigenvalue weighted by atomic mass is 9.91. The van der Waals surface area contributed by atoms with E-state index in [1.807, 2.05) is 6.92 Å². The van der Waals surface area contributed by atoms with Crippen molar-refractivity contribution in [2.75, 3.05) is 0 Å². The van der Waals surface area contributed by atoms with E-state index in [1.165, 1.54) is 0 Å². The van der Waals surface area contributed by atoms with E-state index < -0.39 is 20.5 Å². The first-order valence-electron chi connectivity index (χ1n) is 4.35. The molecule has 1 atom stereocenters. The number of rotatable bonds is 1. The van der Waals surface area contributed by atoms with E-state index in [-0.39, 0.29) is 0 Å². The van der Waals surface area contributed by atoms with Crippen molar-refractivity contribution < 1.29 is 16.9 Å². The fourth-order valence-corrected chi connectivity index (χ4v) is 2.79. The van der Waals surface area contributed by atoms with Gasteiger partial charge in [0.1, 0.15) is 0 Å². The molecule has 0 heterocycles. The molecule has 1 unspecified atom stereocenters. The first-order valence-corrected chi connectivity index (χ1v) is 5.87. The van der Waals surface area contributed by atoms with Crippen LogP contribution in [0.15, 0.2) is 0 Å². The Labute approximate surface area is 76.6 Å². The second kappa shape index (κ2) is 3.90. The maximum atomic E-state index is 13.0. The summed E-state index contributed by atoms with van der Waals surface area (Å²) in [5.74, 6) is 0.439. The van der Waals surface area contributed by atoms with Gasteiger partial charge in [0.25, 0.3) is 0 Å². The van der Waals surface area contributed by atoms with E-state index >= 15 is 0 Å². The lowest BCUT2D eigenvalue weighted by molar-refractivity contribution is 0.383. The second-order valence-corrected chi connectivity index (χ2v) is 5.66. The summed E-state index contributed by atoms with van der Waals surface area (Å²) < 4.78 is 47.8. The van der Waals surface area contributed by atoms with Crippen LogP contribution < -0.4 is 0 Å². The van der Waals surface area contributed by atoms with Crippen LogP contribution in [-0.4, -0.2) is 14.8 Å². The van der Waals surface area contributed by atoms with Gasteiger partial charge in [-0.05, 0) is 31.6 Å². The predicted molar refractivity (Wildman–Crippen MR) is 47.9 cm³/mol.